The van der Waals surface area contributed by atoms with E-state index in [1.807, 2.05) is 52.8 Å². The van der Waals surface area contributed by atoms with Crippen molar-refractivity contribution in [2.45, 2.75) is 0 Å². The molecule has 0 saturated heterocycles. The summed E-state index contributed by atoms with van der Waals surface area (Å²) in [6.45, 7) is 0. The molecule has 4 rings (SSSR count). The fourth-order valence-corrected chi connectivity index (χ4v) is 4.25. The van der Waals surface area contributed by atoms with Gasteiger partial charge >= 0.3 is 0 Å². The number of ether oxygens (including phenoxy) is 2. The van der Waals surface area contributed by atoms with Crippen LogP contribution in [0.2, 0.25) is 0 Å². The third kappa shape index (κ3) is 3.73. The zero-order valence-corrected chi connectivity index (χ0v) is 18.5. The molecule has 8 heteroatoms. The van der Waals surface area contributed by atoms with Gasteiger partial charge in [0.1, 0.15) is 11.5 Å². The Morgan fingerprint density at radius 1 is 1.14 bits per heavy atom. The molecule has 2 aromatic heterocycles. The summed E-state index contributed by atoms with van der Waals surface area (Å²) < 4.78 is 13.7. The van der Waals surface area contributed by atoms with Gasteiger partial charge in [-0.2, -0.15) is 5.10 Å². The number of fused-ring (bicyclic) bond motifs is 1. The summed E-state index contributed by atoms with van der Waals surface area (Å²) in [5.41, 5.74) is 3.86. The van der Waals surface area contributed by atoms with Crippen LogP contribution >= 0.6 is 27.3 Å². The van der Waals surface area contributed by atoms with E-state index in [-0.39, 0.29) is 0 Å². The van der Waals surface area contributed by atoms with E-state index < -0.39 is 0 Å². The number of aromatic nitrogens is 2. The number of nitrogens with zero attached hydrogens (tertiary/aromatic N) is 3. The SMILES string of the molecule is CN=c1scc(-c2ccc(OC)cc2OC)n1N=Cc1c[nH]c2ccc(Br)cc12. The molecule has 0 radical (unpaired) electrons. The summed E-state index contributed by atoms with van der Waals surface area (Å²) in [6.07, 6.45) is 3.79. The topological polar surface area (TPSA) is 63.9 Å². The number of methoxy groups -OCH3 is 2. The maximum Gasteiger partial charge on any atom is 0.205 e. The first-order valence-corrected chi connectivity index (χ1v) is 10.5. The summed E-state index contributed by atoms with van der Waals surface area (Å²) in [5.74, 6) is 1.45. The van der Waals surface area contributed by atoms with Crippen LogP contribution in [0.1, 0.15) is 5.56 Å². The molecule has 4 aromatic rings. The molecule has 0 aliphatic rings. The molecule has 148 valence electrons. The van der Waals surface area contributed by atoms with Crippen LogP contribution in [-0.4, -0.2) is 37.1 Å². The third-order valence-corrected chi connectivity index (χ3v) is 5.95. The Balaban J connectivity index is 1.82. The third-order valence-electron chi connectivity index (χ3n) is 4.55. The number of H-pyrrole nitrogens is 1. The molecule has 0 atom stereocenters. The van der Waals surface area contributed by atoms with Crippen molar-refractivity contribution >= 4 is 44.4 Å². The average Bonchev–Trinajstić information content (AvgIpc) is 3.34. The van der Waals surface area contributed by atoms with Crippen molar-refractivity contribution in [3.05, 3.63) is 62.8 Å². The quantitative estimate of drug-likeness (QED) is 0.422. The van der Waals surface area contributed by atoms with E-state index in [2.05, 4.69) is 32.0 Å². The molecule has 0 unspecified atom stereocenters. The summed E-state index contributed by atoms with van der Waals surface area (Å²) in [7, 11) is 5.04. The van der Waals surface area contributed by atoms with Gasteiger partial charge in [-0.05, 0) is 30.3 Å². The molecule has 0 bridgehead atoms. The van der Waals surface area contributed by atoms with Gasteiger partial charge in [-0.15, -0.1) is 11.3 Å². The van der Waals surface area contributed by atoms with Crippen LogP contribution in [0.25, 0.3) is 22.2 Å². The van der Waals surface area contributed by atoms with Gasteiger partial charge in [-0.1, -0.05) is 15.9 Å². The monoisotopic (exact) mass is 470 g/mol. The number of rotatable bonds is 5. The number of nitrogens with one attached hydrogen (secondary N) is 1. The number of aromatic amines is 1. The minimum Gasteiger partial charge on any atom is -0.497 e. The number of thiazole rings is 1. The lowest BCUT2D eigenvalue weighted by atomic mass is 10.1. The maximum atomic E-state index is 5.58. The molecule has 0 amide bonds. The Morgan fingerprint density at radius 3 is 2.76 bits per heavy atom. The molecular weight excluding hydrogens is 452 g/mol. The second-order valence-corrected chi connectivity index (χ2v) is 7.94. The molecule has 29 heavy (non-hydrogen) atoms. The van der Waals surface area contributed by atoms with E-state index >= 15 is 0 Å². The molecule has 0 aliphatic heterocycles. The van der Waals surface area contributed by atoms with E-state index in [9.17, 15) is 0 Å². The Kier molecular flexibility index (Phi) is 5.55. The van der Waals surface area contributed by atoms with Gasteiger partial charge in [-0.3, -0.25) is 4.99 Å². The Morgan fingerprint density at radius 2 is 2.00 bits per heavy atom. The molecule has 0 spiro atoms. The van der Waals surface area contributed by atoms with Crippen molar-refractivity contribution in [1.29, 1.82) is 0 Å². The normalized spacial score (nSPS) is 12.2. The van der Waals surface area contributed by atoms with Gasteiger partial charge in [0, 0.05) is 51.2 Å². The van der Waals surface area contributed by atoms with Crippen LogP contribution in [-0.2, 0) is 0 Å². The van der Waals surface area contributed by atoms with Crippen LogP contribution in [0.5, 0.6) is 11.5 Å². The van der Waals surface area contributed by atoms with Gasteiger partial charge in [-0.25, -0.2) is 4.68 Å². The largest absolute Gasteiger partial charge is 0.497 e. The molecule has 6 nitrogen and oxygen atoms in total. The Hall–Kier alpha value is -2.84. The van der Waals surface area contributed by atoms with Crippen molar-refractivity contribution in [3.8, 4) is 22.8 Å². The first-order valence-electron chi connectivity index (χ1n) is 8.81. The number of benzene rings is 2. The summed E-state index contributed by atoms with van der Waals surface area (Å²) in [5, 5.41) is 7.86. The lowest BCUT2D eigenvalue weighted by molar-refractivity contribution is 0.395. The minimum absolute atomic E-state index is 0.713. The highest BCUT2D eigenvalue weighted by Crippen LogP contribution is 2.33. The van der Waals surface area contributed by atoms with Crippen molar-refractivity contribution in [3.63, 3.8) is 0 Å². The fourth-order valence-electron chi connectivity index (χ4n) is 3.10. The first kappa shape index (κ1) is 19.5. The molecule has 1 N–H and O–H groups in total. The second-order valence-electron chi connectivity index (χ2n) is 6.18. The van der Waals surface area contributed by atoms with Crippen LogP contribution in [0.15, 0.2) is 62.5 Å². The average molecular weight is 471 g/mol. The number of hydrogen-bond donors (Lipinski definition) is 1. The van der Waals surface area contributed by atoms with Gasteiger partial charge in [0.25, 0.3) is 0 Å². The molecular formula is C21H19BrN4O2S. The molecule has 2 heterocycles. The van der Waals surface area contributed by atoms with Crippen molar-refractivity contribution in [2.75, 3.05) is 21.3 Å². The zero-order valence-electron chi connectivity index (χ0n) is 16.1. The van der Waals surface area contributed by atoms with Gasteiger partial charge in [0.2, 0.25) is 4.80 Å². The predicted molar refractivity (Wildman–Crippen MR) is 121 cm³/mol. The van der Waals surface area contributed by atoms with E-state index in [1.54, 1.807) is 21.3 Å². The van der Waals surface area contributed by atoms with E-state index in [0.29, 0.717) is 5.75 Å². The highest BCUT2D eigenvalue weighted by molar-refractivity contribution is 9.10. The summed E-state index contributed by atoms with van der Waals surface area (Å²) in [6, 6.07) is 11.9. The predicted octanol–water partition coefficient (Wildman–Crippen LogP) is 4.89. The highest BCUT2D eigenvalue weighted by atomic mass is 79.9. The van der Waals surface area contributed by atoms with E-state index in [1.165, 1.54) is 11.3 Å². The fraction of sp³-hybridized carbons (Fsp3) is 0.143. The number of halogens is 1. The molecule has 0 aliphatic carbocycles. The molecule has 0 fully saturated rings. The van der Waals surface area contributed by atoms with Crippen LogP contribution in [0.4, 0.5) is 0 Å². The lowest BCUT2D eigenvalue weighted by Crippen LogP contribution is -2.11. The van der Waals surface area contributed by atoms with Crippen molar-refractivity contribution in [1.82, 2.24) is 9.66 Å². The van der Waals surface area contributed by atoms with Crippen molar-refractivity contribution in [2.24, 2.45) is 10.1 Å². The van der Waals surface area contributed by atoms with Gasteiger partial charge < -0.3 is 14.5 Å². The van der Waals surface area contributed by atoms with Crippen LogP contribution < -0.4 is 14.3 Å². The van der Waals surface area contributed by atoms with Crippen LogP contribution in [0, 0.1) is 0 Å². The Labute approximate surface area is 180 Å². The van der Waals surface area contributed by atoms with Crippen molar-refractivity contribution < 1.29 is 9.47 Å². The molecule has 0 saturated carbocycles. The van der Waals surface area contributed by atoms with Gasteiger partial charge in [0.05, 0.1) is 26.1 Å². The van der Waals surface area contributed by atoms with E-state index in [4.69, 9.17) is 14.6 Å². The second kappa shape index (κ2) is 8.26. The zero-order chi connectivity index (χ0) is 20.4. The van der Waals surface area contributed by atoms with E-state index in [0.717, 1.165) is 42.7 Å². The summed E-state index contributed by atoms with van der Waals surface area (Å²) >= 11 is 5.06. The standard InChI is InChI=1S/C21H19BrN4O2S/c1-23-21-26(25-11-13-10-24-18-7-4-14(22)8-17(13)18)19(12-29-21)16-6-5-15(27-2)9-20(16)28-3/h4-12,24H,1-3H3. The highest BCUT2D eigenvalue weighted by Gasteiger charge is 2.13. The smallest absolute Gasteiger partial charge is 0.205 e. The molecule has 2 aromatic carbocycles. The first-order chi connectivity index (χ1) is 14.1. The van der Waals surface area contributed by atoms with Crippen LogP contribution in [0.3, 0.4) is 0 Å². The van der Waals surface area contributed by atoms with Gasteiger partial charge in [0.15, 0.2) is 0 Å². The maximum absolute atomic E-state index is 5.58. The Bertz CT molecular complexity index is 1270. The summed E-state index contributed by atoms with van der Waals surface area (Å²) in [4.78, 5) is 8.43. The minimum atomic E-state index is 0.713. The number of hydrogen-bond acceptors (Lipinski definition) is 5. The lowest BCUT2D eigenvalue weighted by Gasteiger charge is -2.10.